The van der Waals surface area contributed by atoms with E-state index in [1.165, 1.54) is 257 Å². The standard InChI is InChI=1S/C65H125NO8/c1-3-5-7-9-11-13-15-17-19-21-23-25-27-29-31-32-34-36-38-40-42-44-46-48-50-52-54-59(68)58(57-73-65-64(72)63(71)62(70)60(56-67)74-65)66-61(69)55-53-51-49-47-45-43-41-39-37-35-33-30-28-26-24-22-20-18-16-14-12-10-8-6-4-2/h16,18,22,24,58-60,62-65,67-68,70-72H,3-15,17,19-21,23,25-57H2,1-2H3,(H,66,69)/b18-16-,24-22-. The van der Waals surface area contributed by atoms with E-state index in [1.807, 2.05) is 0 Å². The number of rotatable bonds is 57. The van der Waals surface area contributed by atoms with Gasteiger partial charge in [-0.25, -0.2) is 0 Å². The Labute approximate surface area is 458 Å². The fourth-order valence-corrected chi connectivity index (χ4v) is 10.7. The van der Waals surface area contributed by atoms with Gasteiger partial charge in [0.2, 0.25) is 5.91 Å². The number of aliphatic hydroxyl groups is 5. The summed E-state index contributed by atoms with van der Waals surface area (Å²) >= 11 is 0. The van der Waals surface area contributed by atoms with E-state index in [-0.39, 0.29) is 12.5 Å². The first-order chi connectivity index (χ1) is 36.3. The highest BCUT2D eigenvalue weighted by molar-refractivity contribution is 5.76. The van der Waals surface area contributed by atoms with Gasteiger partial charge in [-0.05, 0) is 44.9 Å². The third-order valence-corrected chi connectivity index (χ3v) is 15.8. The Kier molecular flexibility index (Phi) is 52.5. The van der Waals surface area contributed by atoms with Gasteiger partial charge >= 0.3 is 0 Å². The third kappa shape index (κ3) is 43.6. The number of hydrogen-bond donors (Lipinski definition) is 6. The van der Waals surface area contributed by atoms with Crippen molar-refractivity contribution in [1.82, 2.24) is 5.32 Å². The minimum Gasteiger partial charge on any atom is -0.394 e. The van der Waals surface area contributed by atoms with E-state index in [0.717, 1.165) is 44.9 Å². The Hall–Kier alpha value is -1.33. The van der Waals surface area contributed by atoms with Crippen LogP contribution >= 0.6 is 0 Å². The van der Waals surface area contributed by atoms with E-state index in [1.54, 1.807) is 0 Å². The van der Waals surface area contributed by atoms with Crippen LogP contribution < -0.4 is 5.32 Å². The van der Waals surface area contributed by atoms with Crippen LogP contribution in [0.15, 0.2) is 24.3 Å². The van der Waals surface area contributed by atoms with Crippen LogP contribution in [0, 0.1) is 0 Å². The Morgan fingerprint density at radius 1 is 0.459 bits per heavy atom. The fraction of sp³-hybridized carbons (Fsp3) is 0.923. The SMILES string of the molecule is CCCCCCC/C=C\C/C=C\CCCCCCCCCCCCCCCC(=O)NC(COC1OC(CO)C(O)C(O)C1O)C(O)CCCCCCCCCCCCCCCCCCCCCCCCCCCC. The highest BCUT2D eigenvalue weighted by atomic mass is 16.7. The summed E-state index contributed by atoms with van der Waals surface area (Å²) in [5.41, 5.74) is 0. The summed E-state index contributed by atoms with van der Waals surface area (Å²) < 4.78 is 11.4. The Balaban J connectivity index is 2.15. The van der Waals surface area contributed by atoms with Gasteiger partial charge in [0.1, 0.15) is 24.4 Å². The quantitative estimate of drug-likeness (QED) is 0.0261. The molecular formula is C65H125NO8. The first-order valence-electron chi connectivity index (χ1n) is 32.5. The van der Waals surface area contributed by atoms with Crippen molar-refractivity contribution in [1.29, 1.82) is 0 Å². The molecule has 0 aliphatic carbocycles. The highest BCUT2D eigenvalue weighted by Crippen LogP contribution is 2.24. The zero-order valence-electron chi connectivity index (χ0n) is 48.9. The number of carbonyl (C=O) groups excluding carboxylic acids is 1. The predicted molar refractivity (Wildman–Crippen MR) is 314 cm³/mol. The van der Waals surface area contributed by atoms with Gasteiger partial charge in [-0.15, -0.1) is 0 Å². The van der Waals surface area contributed by atoms with Crippen molar-refractivity contribution >= 4 is 5.91 Å². The lowest BCUT2D eigenvalue weighted by atomic mass is 9.99. The van der Waals surface area contributed by atoms with Crippen LogP contribution in [0.1, 0.15) is 328 Å². The maximum absolute atomic E-state index is 13.1. The number of hydrogen-bond acceptors (Lipinski definition) is 8. The summed E-state index contributed by atoms with van der Waals surface area (Å²) in [5.74, 6) is -0.139. The summed E-state index contributed by atoms with van der Waals surface area (Å²) in [7, 11) is 0. The molecule has 438 valence electrons. The fourth-order valence-electron chi connectivity index (χ4n) is 10.7. The molecule has 0 saturated carbocycles. The molecule has 1 saturated heterocycles. The minimum atomic E-state index is -1.55. The van der Waals surface area contributed by atoms with Crippen LogP contribution in [-0.2, 0) is 14.3 Å². The van der Waals surface area contributed by atoms with Gasteiger partial charge in [0, 0.05) is 6.42 Å². The molecule has 0 radical (unpaired) electrons. The van der Waals surface area contributed by atoms with E-state index in [2.05, 4.69) is 43.5 Å². The second-order valence-corrected chi connectivity index (χ2v) is 22.9. The summed E-state index contributed by atoms with van der Waals surface area (Å²) in [6.45, 7) is 3.88. The number of nitrogens with one attached hydrogen (secondary N) is 1. The molecule has 7 unspecified atom stereocenters. The number of unbranched alkanes of at least 4 members (excludes halogenated alkanes) is 43. The smallest absolute Gasteiger partial charge is 0.220 e. The zero-order valence-corrected chi connectivity index (χ0v) is 48.9. The molecule has 1 amide bonds. The summed E-state index contributed by atoms with van der Waals surface area (Å²) in [5, 5.41) is 54.9. The number of allylic oxidation sites excluding steroid dienone is 4. The molecule has 0 aromatic heterocycles. The second-order valence-electron chi connectivity index (χ2n) is 22.9. The molecule has 1 aliphatic heterocycles. The molecule has 0 spiro atoms. The summed E-state index contributed by atoms with van der Waals surface area (Å²) in [6.07, 6.45) is 63.6. The molecule has 6 N–H and O–H groups in total. The second kappa shape index (κ2) is 55.0. The molecule has 9 heteroatoms. The van der Waals surface area contributed by atoms with Crippen molar-refractivity contribution in [3.05, 3.63) is 24.3 Å². The van der Waals surface area contributed by atoms with Gasteiger partial charge in [-0.1, -0.05) is 301 Å². The van der Waals surface area contributed by atoms with E-state index in [0.29, 0.717) is 12.8 Å². The van der Waals surface area contributed by atoms with E-state index in [9.17, 15) is 30.3 Å². The minimum absolute atomic E-state index is 0.135. The van der Waals surface area contributed by atoms with Crippen molar-refractivity contribution in [2.45, 2.75) is 371 Å². The largest absolute Gasteiger partial charge is 0.394 e. The molecule has 1 rings (SSSR count). The molecule has 74 heavy (non-hydrogen) atoms. The van der Waals surface area contributed by atoms with E-state index >= 15 is 0 Å². The lowest BCUT2D eigenvalue weighted by Crippen LogP contribution is -2.60. The number of amides is 1. The average Bonchev–Trinajstić information content (AvgIpc) is 3.40. The molecule has 9 nitrogen and oxygen atoms in total. The molecule has 7 atom stereocenters. The maximum Gasteiger partial charge on any atom is 0.220 e. The van der Waals surface area contributed by atoms with Crippen LogP contribution in [0.25, 0.3) is 0 Å². The number of carbonyl (C=O) groups is 1. The van der Waals surface area contributed by atoms with Gasteiger partial charge < -0.3 is 40.3 Å². The normalized spacial score (nSPS) is 19.0. The van der Waals surface area contributed by atoms with Crippen LogP contribution in [0.3, 0.4) is 0 Å². The van der Waals surface area contributed by atoms with Crippen molar-refractivity contribution in [2.75, 3.05) is 13.2 Å². The van der Waals surface area contributed by atoms with E-state index < -0.39 is 49.5 Å². The van der Waals surface area contributed by atoms with Gasteiger partial charge in [0.15, 0.2) is 6.29 Å². The van der Waals surface area contributed by atoms with Gasteiger partial charge in [0.05, 0.1) is 25.4 Å². The summed E-state index contributed by atoms with van der Waals surface area (Å²) in [6, 6.07) is -0.719. The van der Waals surface area contributed by atoms with Gasteiger partial charge in [0.25, 0.3) is 0 Å². The number of aliphatic hydroxyl groups excluding tert-OH is 5. The van der Waals surface area contributed by atoms with Crippen molar-refractivity contribution in [3.8, 4) is 0 Å². The number of ether oxygens (including phenoxy) is 2. The molecule has 0 aromatic rings. The van der Waals surface area contributed by atoms with Crippen LogP contribution in [0.2, 0.25) is 0 Å². The molecule has 1 heterocycles. The Morgan fingerprint density at radius 2 is 0.797 bits per heavy atom. The van der Waals surface area contributed by atoms with Gasteiger partial charge in [-0.3, -0.25) is 4.79 Å². The third-order valence-electron chi connectivity index (χ3n) is 15.8. The first-order valence-corrected chi connectivity index (χ1v) is 32.5. The van der Waals surface area contributed by atoms with Crippen molar-refractivity contribution in [3.63, 3.8) is 0 Å². The maximum atomic E-state index is 13.1. The lowest BCUT2D eigenvalue weighted by molar-refractivity contribution is -0.302. The summed E-state index contributed by atoms with van der Waals surface area (Å²) in [4.78, 5) is 13.1. The van der Waals surface area contributed by atoms with Crippen LogP contribution in [0.4, 0.5) is 0 Å². The first kappa shape index (κ1) is 70.7. The van der Waals surface area contributed by atoms with Crippen molar-refractivity contribution in [2.24, 2.45) is 0 Å². The average molecular weight is 1050 g/mol. The zero-order chi connectivity index (χ0) is 53.6. The monoisotopic (exact) mass is 1050 g/mol. The molecule has 0 bridgehead atoms. The predicted octanol–water partition coefficient (Wildman–Crippen LogP) is 16.9. The van der Waals surface area contributed by atoms with Crippen LogP contribution in [-0.4, -0.2) is 87.5 Å². The topological polar surface area (TPSA) is 149 Å². The lowest BCUT2D eigenvalue weighted by Gasteiger charge is -2.40. The molecule has 1 fully saturated rings. The Morgan fingerprint density at radius 3 is 1.16 bits per heavy atom. The highest BCUT2D eigenvalue weighted by Gasteiger charge is 2.44. The van der Waals surface area contributed by atoms with Crippen molar-refractivity contribution < 1.29 is 39.8 Å². The Bertz CT molecular complexity index is 1210. The molecular weight excluding hydrogens is 923 g/mol. The van der Waals surface area contributed by atoms with Crippen LogP contribution in [0.5, 0.6) is 0 Å². The van der Waals surface area contributed by atoms with Gasteiger partial charge in [-0.2, -0.15) is 0 Å². The molecule has 0 aromatic carbocycles. The molecule has 1 aliphatic rings. The van der Waals surface area contributed by atoms with E-state index in [4.69, 9.17) is 9.47 Å².